The molecule has 0 aromatic carbocycles. The molecule has 0 aliphatic heterocycles. The van der Waals surface area contributed by atoms with Crippen LogP contribution in [0.3, 0.4) is 0 Å². The summed E-state index contributed by atoms with van der Waals surface area (Å²) < 4.78 is 0. The van der Waals surface area contributed by atoms with Crippen molar-refractivity contribution < 1.29 is 0 Å². The standard InChI is InChI=1S/C11H16/c1-3-4-9-5-6-10(9)11-7-8(11)2/h3,8-9H,1,4-7H2,2H3. The Morgan fingerprint density at radius 3 is 2.64 bits per heavy atom. The molecule has 2 saturated carbocycles. The predicted octanol–water partition coefficient (Wildman–Crippen LogP) is 3.31. The zero-order valence-corrected chi connectivity index (χ0v) is 7.27. The molecule has 0 aromatic rings. The van der Waals surface area contributed by atoms with Gasteiger partial charge in [-0.1, -0.05) is 24.1 Å². The average Bonchev–Trinajstić information content (AvgIpc) is 2.60. The van der Waals surface area contributed by atoms with E-state index in [4.69, 9.17) is 0 Å². The van der Waals surface area contributed by atoms with E-state index in [1.165, 1.54) is 25.7 Å². The molecule has 0 radical (unpaired) electrons. The monoisotopic (exact) mass is 148 g/mol. The molecule has 2 unspecified atom stereocenters. The molecule has 0 saturated heterocycles. The van der Waals surface area contributed by atoms with Gasteiger partial charge in [-0.15, -0.1) is 6.58 Å². The van der Waals surface area contributed by atoms with E-state index in [9.17, 15) is 0 Å². The fourth-order valence-electron chi connectivity index (χ4n) is 2.10. The third-order valence-electron chi connectivity index (χ3n) is 3.08. The SMILES string of the molecule is C=CCC1CCC1=C1CC1C. The normalized spacial score (nSPS) is 41.5. The van der Waals surface area contributed by atoms with E-state index in [2.05, 4.69) is 19.6 Å². The van der Waals surface area contributed by atoms with Crippen molar-refractivity contribution in [3.8, 4) is 0 Å². The molecule has 0 nitrogen and oxygen atoms in total. The Morgan fingerprint density at radius 1 is 1.55 bits per heavy atom. The zero-order valence-electron chi connectivity index (χ0n) is 7.27. The van der Waals surface area contributed by atoms with Crippen molar-refractivity contribution in [1.82, 2.24) is 0 Å². The summed E-state index contributed by atoms with van der Waals surface area (Å²) in [5.41, 5.74) is 3.57. The van der Waals surface area contributed by atoms with Crippen molar-refractivity contribution >= 4 is 0 Å². The van der Waals surface area contributed by atoms with Crippen LogP contribution in [0.5, 0.6) is 0 Å². The van der Waals surface area contributed by atoms with Gasteiger partial charge in [0, 0.05) is 0 Å². The molecule has 0 heterocycles. The fourth-order valence-corrected chi connectivity index (χ4v) is 2.10. The smallest absolute Gasteiger partial charge is 0.0163 e. The molecule has 2 aliphatic rings. The van der Waals surface area contributed by atoms with Crippen molar-refractivity contribution in [2.24, 2.45) is 11.8 Å². The zero-order chi connectivity index (χ0) is 7.84. The van der Waals surface area contributed by atoms with Crippen LogP contribution < -0.4 is 0 Å². The van der Waals surface area contributed by atoms with E-state index in [0.29, 0.717) is 0 Å². The van der Waals surface area contributed by atoms with E-state index >= 15 is 0 Å². The van der Waals surface area contributed by atoms with Gasteiger partial charge in [-0.05, 0) is 37.5 Å². The lowest BCUT2D eigenvalue weighted by atomic mass is 9.76. The predicted molar refractivity (Wildman–Crippen MR) is 48.3 cm³/mol. The van der Waals surface area contributed by atoms with Gasteiger partial charge in [0.1, 0.15) is 0 Å². The van der Waals surface area contributed by atoms with E-state index in [1.54, 1.807) is 11.1 Å². The first-order chi connectivity index (χ1) is 5.33. The second-order valence-electron chi connectivity index (χ2n) is 3.92. The first kappa shape index (κ1) is 7.15. The first-order valence-electron chi connectivity index (χ1n) is 4.65. The maximum atomic E-state index is 3.79. The summed E-state index contributed by atoms with van der Waals surface area (Å²) in [5.74, 6) is 1.82. The number of hydrogen-bond donors (Lipinski definition) is 0. The summed E-state index contributed by atoms with van der Waals surface area (Å²) in [6, 6.07) is 0. The van der Waals surface area contributed by atoms with Crippen molar-refractivity contribution in [2.45, 2.75) is 32.6 Å². The Labute approximate surface area is 69.0 Å². The van der Waals surface area contributed by atoms with Gasteiger partial charge in [-0.2, -0.15) is 0 Å². The summed E-state index contributed by atoms with van der Waals surface area (Å²) in [6.07, 6.45) is 7.47. The van der Waals surface area contributed by atoms with E-state index in [-0.39, 0.29) is 0 Å². The number of hydrogen-bond acceptors (Lipinski definition) is 0. The summed E-state index contributed by atoms with van der Waals surface area (Å²) in [4.78, 5) is 0. The average molecular weight is 148 g/mol. The molecule has 0 aromatic heterocycles. The topological polar surface area (TPSA) is 0 Å². The molecular formula is C11H16. The van der Waals surface area contributed by atoms with Crippen LogP contribution in [0, 0.1) is 11.8 Å². The van der Waals surface area contributed by atoms with Crippen molar-refractivity contribution in [3.63, 3.8) is 0 Å². The van der Waals surface area contributed by atoms with Gasteiger partial charge >= 0.3 is 0 Å². The molecule has 0 bridgehead atoms. The molecule has 2 aliphatic carbocycles. The van der Waals surface area contributed by atoms with Crippen LogP contribution in [0.2, 0.25) is 0 Å². The van der Waals surface area contributed by atoms with Gasteiger partial charge in [0.2, 0.25) is 0 Å². The van der Waals surface area contributed by atoms with Gasteiger partial charge in [-0.3, -0.25) is 0 Å². The Kier molecular flexibility index (Phi) is 1.63. The van der Waals surface area contributed by atoms with Gasteiger partial charge in [0.05, 0.1) is 0 Å². The summed E-state index contributed by atoms with van der Waals surface area (Å²) in [7, 11) is 0. The fraction of sp³-hybridized carbons (Fsp3) is 0.636. The van der Waals surface area contributed by atoms with Crippen molar-refractivity contribution in [2.75, 3.05) is 0 Å². The van der Waals surface area contributed by atoms with E-state index in [0.717, 1.165) is 11.8 Å². The van der Waals surface area contributed by atoms with Crippen molar-refractivity contribution in [1.29, 1.82) is 0 Å². The second-order valence-corrected chi connectivity index (χ2v) is 3.92. The maximum Gasteiger partial charge on any atom is -0.0163 e. The van der Waals surface area contributed by atoms with Crippen LogP contribution >= 0.6 is 0 Å². The summed E-state index contributed by atoms with van der Waals surface area (Å²) in [5, 5.41) is 0. The quantitative estimate of drug-likeness (QED) is 0.527. The number of allylic oxidation sites excluding steroid dienone is 3. The largest absolute Gasteiger partial charge is 0.103 e. The van der Waals surface area contributed by atoms with Crippen molar-refractivity contribution in [3.05, 3.63) is 23.8 Å². The first-order valence-corrected chi connectivity index (χ1v) is 4.65. The molecule has 11 heavy (non-hydrogen) atoms. The molecule has 0 spiro atoms. The van der Waals surface area contributed by atoms with E-state index in [1.807, 2.05) is 0 Å². The molecule has 2 rings (SSSR count). The Morgan fingerprint density at radius 2 is 2.27 bits per heavy atom. The van der Waals surface area contributed by atoms with Gasteiger partial charge < -0.3 is 0 Å². The van der Waals surface area contributed by atoms with Gasteiger partial charge in [0.15, 0.2) is 0 Å². The third-order valence-corrected chi connectivity index (χ3v) is 3.08. The molecule has 0 amide bonds. The highest BCUT2D eigenvalue weighted by Gasteiger charge is 2.34. The van der Waals surface area contributed by atoms with E-state index < -0.39 is 0 Å². The lowest BCUT2D eigenvalue weighted by Gasteiger charge is -2.29. The lowest BCUT2D eigenvalue weighted by molar-refractivity contribution is 0.445. The minimum absolute atomic E-state index is 0.896. The van der Waals surface area contributed by atoms with Crippen LogP contribution in [0.25, 0.3) is 0 Å². The Balaban J connectivity index is 2.01. The molecule has 2 atom stereocenters. The van der Waals surface area contributed by atoms with Crippen LogP contribution in [0.1, 0.15) is 32.6 Å². The molecule has 2 fully saturated rings. The van der Waals surface area contributed by atoms with Crippen LogP contribution in [0.4, 0.5) is 0 Å². The highest BCUT2D eigenvalue weighted by atomic mass is 14.4. The van der Waals surface area contributed by atoms with Gasteiger partial charge in [0.25, 0.3) is 0 Å². The minimum atomic E-state index is 0.896. The highest BCUT2D eigenvalue weighted by molar-refractivity contribution is 5.34. The second kappa shape index (κ2) is 2.51. The molecule has 60 valence electrons. The molecule has 0 N–H and O–H groups in total. The molecule has 0 heteroatoms. The van der Waals surface area contributed by atoms with Crippen LogP contribution in [-0.2, 0) is 0 Å². The van der Waals surface area contributed by atoms with Crippen LogP contribution in [-0.4, -0.2) is 0 Å². The Hall–Kier alpha value is -0.520. The van der Waals surface area contributed by atoms with Gasteiger partial charge in [-0.25, -0.2) is 0 Å². The lowest BCUT2D eigenvalue weighted by Crippen LogP contribution is -2.14. The Bertz CT molecular complexity index is 210. The minimum Gasteiger partial charge on any atom is -0.103 e. The maximum absolute atomic E-state index is 3.79. The third kappa shape index (κ3) is 1.15. The summed E-state index contributed by atoms with van der Waals surface area (Å²) >= 11 is 0. The number of rotatable bonds is 2. The van der Waals surface area contributed by atoms with Crippen LogP contribution in [0.15, 0.2) is 23.8 Å². The highest BCUT2D eigenvalue weighted by Crippen LogP contribution is 2.49. The summed E-state index contributed by atoms with van der Waals surface area (Å²) in [6.45, 7) is 6.13. The molecular weight excluding hydrogens is 132 g/mol.